The number of pyridine rings is 1. The quantitative estimate of drug-likeness (QED) is 0.615. The van der Waals surface area contributed by atoms with Crippen LogP contribution in [0.4, 0.5) is 0 Å². The summed E-state index contributed by atoms with van der Waals surface area (Å²) in [6.07, 6.45) is 3.44. The number of rotatable bonds is 4. The second-order valence-electron chi connectivity index (χ2n) is 7.15. The first-order valence-corrected chi connectivity index (χ1v) is 10.4. The number of nitrogens with zero attached hydrogens (tertiary/aromatic N) is 1. The van der Waals surface area contributed by atoms with Gasteiger partial charge in [0.25, 0.3) is 5.56 Å². The molecule has 3 aromatic rings. The Labute approximate surface area is 168 Å². The molecular weight excluding hydrogens is 390 g/mol. The average Bonchev–Trinajstić information content (AvgIpc) is 2.67. The molecule has 0 amide bonds. The lowest BCUT2D eigenvalue weighted by Gasteiger charge is -2.31. The second kappa shape index (κ2) is 6.93. The van der Waals surface area contributed by atoms with Gasteiger partial charge in [0.1, 0.15) is 22.0 Å². The van der Waals surface area contributed by atoms with Crippen LogP contribution >= 0.6 is 0 Å². The van der Waals surface area contributed by atoms with E-state index in [2.05, 4.69) is 0 Å². The number of benzene rings is 2. The number of para-hydroxylation sites is 1. The Hall–Kier alpha value is -3.32. The van der Waals surface area contributed by atoms with Crippen LogP contribution in [0.15, 0.2) is 88.7 Å². The SMILES string of the molecule is CC1(C)C=C(n2ccccc2=O)c2cc(S(=O)(=O)Oc3ccccc3)ccc2O1. The van der Waals surface area contributed by atoms with Gasteiger partial charge in [0.05, 0.1) is 5.70 Å². The Morgan fingerprint density at radius 3 is 2.41 bits per heavy atom. The zero-order chi connectivity index (χ0) is 20.6. The van der Waals surface area contributed by atoms with Gasteiger partial charge >= 0.3 is 10.1 Å². The maximum absolute atomic E-state index is 12.8. The molecule has 0 N–H and O–H groups in total. The number of hydrogen-bond acceptors (Lipinski definition) is 5. The fourth-order valence-electron chi connectivity index (χ4n) is 3.15. The van der Waals surface area contributed by atoms with E-state index in [1.807, 2.05) is 13.8 Å². The maximum Gasteiger partial charge on any atom is 0.339 e. The monoisotopic (exact) mass is 409 g/mol. The fourth-order valence-corrected chi connectivity index (χ4v) is 4.11. The van der Waals surface area contributed by atoms with Crippen molar-refractivity contribution >= 4 is 15.8 Å². The normalized spacial score (nSPS) is 15.0. The number of ether oxygens (including phenoxy) is 1. The van der Waals surface area contributed by atoms with Crippen LogP contribution < -0.4 is 14.5 Å². The molecule has 2 heterocycles. The zero-order valence-electron chi connectivity index (χ0n) is 15.9. The molecule has 7 heteroatoms. The van der Waals surface area contributed by atoms with E-state index in [9.17, 15) is 13.2 Å². The molecule has 1 aromatic heterocycles. The van der Waals surface area contributed by atoms with Crippen LogP contribution in [0.2, 0.25) is 0 Å². The molecule has 1 aliphatic heterocycles. The summed E-state index contributed by atoms with van der Waals surface area (Å²) < 4.78 is 38.2. The molecule has 0 fully saturated rings. The van der Waals surface area contributed by atoms with Crippen molar-refractivity contribution in [1.29, 1.82) is 0 Å². The fraction of sp³-hybridized carbons (Fsp3) is 0.136. The van der Waals surface area contributed by atoms with Gasteiger partial charge < -0.3 is 8.92 Å². The summed E-state index contributed by atoms with van der Waals surface area (Å²) in [7, 11) is -4.06. The van der Waals surface area contributed by atoms with E-state index in [0.29, 0.717) is 17.0 Å². The highest BCUT2D eigenvalue weighted by Gasteiger charge is 2.29. The van der Waals surface area contributed by atoms with Crippen molar-refractivity contribution in [3.63, 3.8) is 0 Å². The Balaban J connectivity index is 1.83. The lowest BCUT2D eigenvalue weighted by Crippen LogP contribution is -2.32. The maximum atomic E-state index is 12.8. The van der Waals surface area contributed by atoms with Crippen LogP contribution in [-0.4, -0.2) is 18.6 Å². The third-order valence-corrected chi connectivity index (χ3v) is 5.65. The number of fused-ring (bicyclic) bond motifs is 1. The van der Waals surface area contributed by atoms with Crippen LogP contribution in [0.25, 0.3) is 5.70 Å². The summed E-state index contributed by atoms with van der Waals surface area (Å²) in [4.78, 5) is 12.4. The predicted molar refractivity (Wildman–Crippen MR) is 109 cm³/mol. The van der Waals surface area contributed by atoms with E-state index < -0.39 is 15.7 Å². The molecule has 0 aliphatic carbocycles. The molecule has 0 saturated carbocycles. The van der Waals surface area contributed by atoms with Crippen molar-refractivity contribution in [2.45, 2.75) is 24.3 Å². The third-order valence-electron chi connectivity index (χ3n) is 4.40. The van der Waals surface area contributed by atoms with Crippen molar-refractivity contribution in [1.82, 2.24) is 4.57 Å². The third kappa shape index (κ3) is 3.82. The first kappa shape index (κ1) is 19.0. The summed E-state index contributed by atoms with van der Waals surface area (Å²) in [5, 5.41) is 0. The van der Waals surface area contributed by atoms with Gasteiger partial charge in [-0.25, -0.2) is 0 Å². The summed E-state index contributed by atoms with van der Waals surface area (Å²) >= 11 is 0. The van der Waals surface area contributed by atoms with E-state index in [1.165, 1.54) is 22.8 Å². The molecule has 0 bridgehead atoms. The molecule has 1 aliphatic rings. The van der Waals surface area contributed by atoms with Crippen molar-refractivity contribution < 1.29 is 17.3 Å². The van der Waals surface area contributed by atoms with Gasteiger partial charge in [-0.2, -0.15) is 8.42 Å². The Kier molecular flexibility index (Phi) is 4.55. The topological polar surface area (TPSA) is 74.6 Å². The van der Waals surface area contributed by atoms with E-state index in [4.69, 9.17) is 8.92 Å². The van der Waals surface area contributed by atoms with Crippen molar-refractivity contribution in [2.24, 2.45) is 0 Å². The lowest BCUT2D eigenvalue weighted by atomic mass is 9.99. The molecule has 4 rings (SSSR count). The van der Waals surface area contributed by atoms with Crippen LogP contribution in [0, 0.1) is 0 Å². The largest absolute Gasteiger partial charge is 0.483 e. The van der Waals surface area contributed by atoms with E-state index in [1.54, 1.807) is 60.8 Å². The molecule has 0 atom stereocenters. The minimum Gasteiger partial charge on any atom is -0.483 e. The number of aromatic nitrogens is 1. The summed E-state index contributed by atoms with van der Waals surface area (Å²) in [5.74, 6) is 0.708. The predicted octanol–water partition coefficient (Wildman–Crippen LogP) is 3.68. The van der Waals surface area contributed by atoms with Gasteiger partial charge in [-0.05, 0) is 56.3 Å². The molecule has 6 nitrogen and oxygen atoms in total. The highest BCUT2D eigenvalue weighted by molar-refractivity contribution is 7.87. The van der Waals surface area contributed by atoms with Gasteiger partial charge in [0, 0.05) is 17.8 Å². The minimum atomic E-state index is -4.06. The first-order chi connectivity index (χ1) is 13.8. The lowest BCUT2D eigenvalue weighted by molar-refractivity contribution is 0.157. The zero-order valence-corrected chi connectivity index (χ0v) is 16.7. The molecule has 29 heavy (non-hydrogen) atoms. The summed E-state index contributed by atoms with van der Waals surface area (Å²) in [6.45, 7) is 3.74. The molecule has 0 saturated heterocycles. The minimum absolute atomic E-state index is 0.0294. The van der Waals surface area contributed by atoms with Gasteiger partial charge in [0.15, 0.2) is 0 Å². The first-order valence-electron chi connectivity index (χ1n) is 8.99. The van der Waals surface area contributed by atoms with Gasteiger partial charge in [-0.1, -0.05) is 24.3 Å². The highest BCUT2D eigenvalue weighted by Crippen LogP contribution is 2.38. The summed E-state index contributed by atoms with van der Waals surface area (Å²) in [6, 6.07) is 17.6. The molecular formula is C22H19NO5S. The van der Waals surface area contributed by atoms with E-state index in [0.717, 1.165) is 0 Å². The van der Waals surface area contributed by atoms with Crippen molar-refractivity contribution in [2.75, 3.05) is 0 Å². The van der Waals surface area contributed by atoms with E-state index >= 15 is 0 Å². The molecule has 0 unspecified atom stereocenters. The van der Waals surface area contributed by atoms with Gasteiger partial charge in [0.2, 0.25) is 0 Å². The van der Waals surface area contributed by atoms with Crippen LogP contribution in [0.5, 0.6) is 11.5 Å². The molecule has 0 radical (unpaired) electrons. The Bertz CT molecular complexity index is 1260. The van der Waals surface area contributed by atoms with Crippen LogP contribution in [0.1, 0.15) is 19.4 Å². The Morgan fingerprint density at radius 1 is 0.966 bits per heavy atom. The van der Waals surface area contributed by atoms with E-state index in [-0.39, 0.29) is 16.2 Å². The summed E-state index contributed by atoms with van der Waals surface area (Å²) in [5.41, 5.74) is 0.156. The van der Waals surface area contributed by atoms with Gasteiger partial charge in [-0.15, -0.1) is 0 Å². The second-order valence-corrected chi connectivity index (χ2v) is 8.70. The standard InChI is InChI=1S/C22H19NO5S/c1-22(2)15-19(23-13-7-6-10-21(23)24)18-14-17(11-12-20(18)27-22)29(25,26)28-16-8-4-3-5-9-16/h3-15H,1-2H3. The molecule has 2 aromatic carbocycles. The van der Waals surface area contributed by atoms with Crippen molar-refractivity contribution in [3.05, 3.63) is 94.9 Å². The number of hydrogen-bond donors (Lipinski definition) is 0. The molecule has 0 spiro atoms. The smallest absolute Gasteiger partial charge is 0.339 e. The van der Waals surface area contributed by atoms with Crippen LogP contribution in [-0.2, 0) is 10.1 Å². The highest BCUT2D eigenvalue weighted by atomic mass is 32.2. The Morgan fingerprint density at radius 2 is 1.69 bits per heavy atom. The van der Waals surface area contributed by atoms with Crippen LogP contribution in [0.3, 0.4) is 0 Å². The van der Waals surface area contributed by atoms with Crippen molar-refractivity contribution in [3.8, 4) is 11.5 Å². The molecule has 148 valence electrons. The van der Waals surface area contributed by atoms with Gasteiger partial charge in [-0.3, -0.25) is 9.36 Å². The average molecular weight is 409 g/mol.